The summed E-state index contributed by atoms with van der Waals surface area (Å²) in [6.07, 6.45) is 1.54. The maximum Gasteiger partial charge on any atom is 0.346 e. The van der Waals surface area contributed by atoms with Crippen molar-refractivity contribution in [1.82, 2.24) is 10.3 Å². The highest BCUT2D eigenvalue weighted by molar-refractivity contribution is 7.11. The van der Waals surface area contributed by atoms with Crippen LogP contribution in [0.4, 0.5) is 4.79 Å². The molecule has 1 unspecified atom stereocenters. The first-order valence-electron chi connectivity index (χ1n) is 7.35. The van der Waals surface area contributed by atoms with Crippen molar-refractivity contribution in [2.75, 3.05) is 7.11 Å². The number of thiophene rings is 1. The summed E-state index contributed by atoms with van der Waals surface area (Å²) in [6.45, 7) is 3.62. The van der Waals surface area contributed by atoms with Crippen molar-refractivity contribution >= 4 is 29.5 Å². The van der Waals surface area contributed by atoms with E-state index in [1.54, 1.807) is 38.3 Å². The van der Waals surface area contributed by atoms with Gasteiger partial charge in [-0.15, -0.1) is 16.3 Å². The summed E-state index contributed by atoms with van der Waals surface area (Å²) in [5.74, 6) is 0.269. The monoisotopic (exact) mass is 343 g/mol. The molecule has 1 atom stereocenters. The number of rotatable bonds is 4. The number of nitrogens with one attached hydrogen (secondary N) is 1. The summed E-state index contributed by atoms with van der Waals surface area (Å²) >= 11 is 1.50. The Bertz CT molecular complexity index is 813. The van der Waals surface area contributed by atoms with Crippen molar-refractivity contribution in [3.8, 4) is 5.75 Å². The standard InChI is InChI=1S/C17H17N3O3S/c1-11-8-9-24-14(11)10-18-20-15(21)17(2,19-16(20)22)12-4-6-13(23-3)7-5-12/h4-10H,1-3H3,(H,19,22)/b18-10+. The quantitative estimate of drug-likeness (QED) is 0.685. The largest absolute Gasteiger partial charge is 0.497 e. The first kappa shape index (κ1) is 16.2. The number of hydrazone groups is 1. The van der Waals surface area contributed by atoms with Gasteiger partial charge in [-0.2, -0.15) is 5.10 Å². The fourth-order valence-electron chi connectivity index (χ4n) is 2.48. The van der Waals surface area contributed by atoms with Gasteiger partial charge in [-0.1, -0.05) is 12.1 Å². The zero-order chi connectivity index (χ0) is 17.3. The Hall–Kier alpha value is -2.67. The molecule has 6 nitrogen and oxygen atoms in total. The maximum absolute atomic E-state index is 12.7. The first-order valence-corrected chi connectivity index (χ1v) is 8.23. The molecule has 1 aliphatic heterocycles. The molecule has 1 aromatic heterocycles. The summed E-state index contributed by atoms with van der Waals surface area (Å²) in [4.78, 5) is 25.8. The van der Waals surface area contributed by atoms with Crippen LogP contribution in [0.2, 0.25) is 0 Å². The van der Waals surface area contributed by atoms with Crippen LogP contribution in [0.5, 0.6) is 5.75 Å². The lowest BCUT2D eigenvalue weighted by Crippen LogP contribution is -2.40. The van der Waals surface area contributed by atoms with Gasteiger partial charge in [-0.25, -0.2) is 4.79 Å². The van der Waals surface area contributed by atoms with Gasteiger partial charge in [0.1, 0.15) is 11.3 Å². The third-order valence-electron chi connectivity index (χ3n) is 4.03. The topological polar surface area (TPSA) is 71.0 Å². The first-order chi connectivity index (χ1) is 11.5. The lowest BCUT2D eigenvalue weighted by Gasteiger charge is -2.21. The van der Waals surface area contributed by atoms with E-state index in [2.05, 4.69) is 10.4 Å². The number of methoxy groups -OCH3 is 1. The van der Waals surface area contributed by atoms with Gasteiger partial charge in [0, 0.05) is 0 Å². The minimum absolute atomic E-state index is 0.414. The number of imide groups is 1. The van der Waals surface area contributed by atoms with Gasteiger partial charge < -0.3 is 10.1 Å². The Kier molecular flexibility index (Phi) is 4.11. The molecule has 1 aliphatic rings. The fourth-order valence-corrected chi connectivity index (χ4v) is 3.26. The molecule has 0 saturated carbocycles. The summed E-state index contributed by atoms with van der Waals surface area (Å²) in [7, 11) is 1.57. The van der Waals surface area contributed by atoms with E-state index < -0.39 is 17.5 Å². The van der Waals surface area contributed by atoms with Crippen LogP contribution in [0.1, 0.15) is 22.9 Å². The SMILES string of the molecule is COc1ccc(C2(C)NC(=O)N(/N=C/c3sccc3C)C2=O)cc1. The highest BCUT2D eigenvalue weighted by Gasteiger charge is 2.49. The number of hydrogen-bond donors (Lipinski definition) is 1. The predicted molar refractivity (Wildman–Crippen MR) is 92.4 cm³/mol. The fraction of sp³-hybridized carbons (Fsp3) is 0.235. The smallest absolute Gasteiger partial charge is 0.346 e. The Labute approximate surface area is 143 Å². The van der Waals surface area contributed by atoms with Gasteiger partial charge in [-0.3, -0.25) is 4.79 Å². The molecule has 1 fully saturated rings. The van der Waals surface area contributed by atoms with Crippen LogP contribution in [0.25, 0.3) is 0 Å². The van der Waals surface area contributed by atoms with Gasteiger partial charge in [0.2, 0.25) is 0 Å². The van der Waals surface area contributed by atoms with Crippen LogP contribution < -0.4 is 10.1 Å². The number of amides is 3. The number of ether oxygens (including phenoxy) is 1. The number of urea groups is 1. The van der Waals surface area contributed by atoms with Gasteiger partial charge in [0.25, 0.3) is 5.91 Å². The van der Waals surface area contributed by atoms with Gasteiger partial charge in [0.15, 0.2) is 0 Å². The van der Waals surface area contributed by atoms with Crippen molar-refractivity contribution in [3.05, 3.63) is 51.7 Å². The molecule has 124 valence electrons. The average Bonchev–Trinajstić information content (AvgIpc) is 3.08. The molecule has 1 N–H and O–H groups in total. The van der Waals surface area contributed by atoms with Crippen LogP contribution in [-0.2, 0) is 10.3 Å². The minimum Gasteiger partial charge on any atom is -0.497 e. The number of nitrogens with zero attached hydrogens (tertiary/aromatic N) is 2. The van der Waals surface area contributed by atoms with Crippen LogP contribution in [0, 0.1) is 6.92 Å². The number of carbonyl (C=O) groups excluding carboxylic acids is 2. The molecule has 2 heterocycles. The Morgan fingerprint density at radius 2 is 1.96 bits per heavy atom. The number of hydrogen-bond acceptors (Lipinski definition) is 5. The Balaban J connectivity index is 1.87. The van der Waals surface area contributed by atoms with Gasteiger partial charge in [0.05, 0.1) is 18.2 Å². The third-order valence-corrected chi connectivity index (χ3v) is 4.98. The highest BCUT2D eigenvalue weighted by atomic mass is 32.1. The van der Waals surface area contributed by atoms with E-state index in [4.69, 9.17) is 4.74 Å². The van der Waals surface area contributed by atoms with Crippen LogP contribution in [0.15, 0.2) is 40.8 Å². The van der Waals surface area contributed by atoms with Crippen molar-refractivity contribution in [3.63, 3.8) is 0 Å². The van der Waals surface area contributed by atoms with Crippen LogP contribution in [-0.4, -0.2) is 30.3 Å². The Morgan fingerprint density at radius 3 is 2.54 bits per heavy atom. The molecule has 0 radical (unpaired) electrons. The molecule has 0 aliphatic carbocycles. The summed E-state index contributed by atoms with van der Waals surface area (Å²) in [5.41, 5.74) is 0.575. The minimum atomic E-state index is -1.15. The molecule has 0 bridgehead atoms. The number of benzene rings is 1. The van der Waals surface area contributed by atoms with Gasteiger partial charge >= 0.3 is 6.03 Å². The van der Waals surface area contributed by atoms with Crippen molar-refractivity contribution in [2.24, 2.45) is 5.10 Å². The zero-order valence-electron chi connectivity index (χ0n) is 13.6. The lowest BCUT2D eigenvalue weighted by atomic mass is 9.92. The second kappa shape index (κ2) is 6.09. The van der Waals surface area contributed by atoms with E-state index in [0.717, 1.165) is 15.4 Å². The van der Waals surface area contributed by atoms with Crippen LogP contribution >= 0.6 is 11.3 Å². The van der Waals surface area contributed by atoms with E-state index in [1.165, 1.54) is 17.6 Å². The molecular formula is C17H17N3O3S. The molecule has 7 heteroatoms. The maximum atomic E-state index is 12.7. The van der Waals surface area contributed by atoms with Crippen LogP contribution in [0.3, 0.4) is 0 Å². The van der Waals surface area contributed by atoms with Crippen molar-refractivity contribution in [2.45, 2.75) is 19.4 Å². The molecular weight excluding hydrogens is 326 g/mol. The predicted octanol–water partition coefficient (Wildman–Crippen LogP) is 2.87. The summed E-state index contributed by atoms with van der Waals surface area (Å²) in [6, 6.07) is 8.44. The molecule has 3 amide bonds. The number of aryl methyl sites for hydroxylation is 1. The number of carbonyl (C=O) groups is 2. The lowest BCUT2D eigenvalue weighted by molar-refractivity contribution is -0.131. The summed E-state index contributed by atoms with van der Waals surface area (Å²) < 4.78 is 5.12. The average molecular weight is 343 g/mol. The van der Waals surface area contributed by atoms with E-state index in [1.807, 2.05) is 18.4 Å². The van der Waals surface area contributed by atoms with E-state index in [-0.39, 0.29) is 0 Å². The van der Waals surface area contributed by atoms with Gasteiger partial charge in [-0.05, 0) is 48.6 Å². The van der Waals surface area contributed by atoms with E-state index in [0.29, 0.717) is 11.3 Å². The second-order valence-electron chi connectivity index (χ2n) is 5.61. The summed E-state index contributed by atoms with van der Waals surface area (Å²) in [5, 5.41) is 9.60. The molecule has 1 saturated heterocycles. The normalized spacial score (nSPS) is 20.7. The second-order valence-corrected chi connectivity index (χ2v) is 6.56. The highest BCUT2D eigenvalue weighted by Crippen LogP contribution is 2.30. The molecule has 2 aromatic rings. The van der Waals surface area contributed by atoms with E-state index >= 15 is 0 Å². The van der Waals surface area contributed by atoms with Crippen molar-refractivity contribution < 1.29 is 14.3 Å². The third kappa shape index (κ3) is 2.67. The molecule has 1 aromatic carbocycles. The molecule has 0 spiro atoms. The molecule has 3 rings (SSSR count). The zero-order valence-corrected chi connectivity index (χ0v) is 14.4. The van der Waals surface area contributed by atoms with E-state index in [9.17, 15) is 9.59 Å². The Morgan fingerprint density at radius 1 is 1.25 bits per heavy atom. The molecule has 24 heavy (non-hydrogen) atoms. The van der Waals surface area contributed by atoms with Crippen molar-refractivity contribution in [1.29, 1.82) is 0 Å².